The van der Waals surface area contributed by atoms with Crippen LogP contribution in [-0.4, -0.2) is 24.5 Å². The topological polar surface area (TPSA) is 79.5 Å². The van der Waals surface area contributed by atoms with E-state index in [4.69, 9.17) is 16.3 Å². The second kappa shape index (κ2) is 9.28. The van der Waals surface area contributed by atoms with Crippen LogP contribution in [0, 0.1) is 20.8 Å². The van der Waals surface area contributed by atoms with E-state index in [0.717, 1.165) is 22.4 Å². The number of nitrogens with one attached hydrogen (secondary N) is 3. The van der Waals surface area contributed by atoms with Crippen LogP contribution in [0.5, 0.6) is 5.75 Å². The molecule has 2 amide bonds. The number of hydrazine groups is 1. The summed E-state index contributed by atoms with van der Waals surface area (Å²) < 4.78 is 5.61. The second-order valence-electron chi connectivity index (χ2n) is 6.38. The maximum atomic E-state index is 12.1. The molecule has 0 spiro atoms. The predicted molar refractivity (Wildman–Crippen MR) is 107 cm³/mol. The highest BCUT2D eigenvalue weighted by molar-refractivity contribution is 6.30. The predicted octanol–water partition coefficient (Wildman–Crippen LogP) is 3.29. The third-order valence-corrected chi connectivity index (χ3v) is 4.19. The number of hydrogen-bond acceptors (Lipinski definition) is 4. The van der Waals surface area contributed by atoms with Crippen molar-refractivity contribution in [2.45, 2.75) is 33.8 Å². The van der Waals surface area contributed by atoms with Crippen molar-refractivity contribution in [3.05, 3.63) is 58.1 Å². The summed E-state index contributed by atoms with van der Waals surface area (Å²) in [6.07, 6.45) is -0.780. The highest BCUT2D eigenvalue weighted by Crippen LogP contribution is 2.22. The summed E-state index contributed by atoms with van der Waals surface area (Å²) in [4.78, 5) is 24.0. The highest BCUT2D eigenvalue weighted by Gasteiger charge is 2.16. The van der Waals surface area contributed by atoms with E-state index < -0.39 is 12.0 Å². The summed E-state index contributed by atoms with van der Waals surface area (Å²) >= 11 is 5.90. The van der Waals surface area contributed by atoms with Crippen LogP contribution in [0.3, 0.4) is 0 Å². The van der Waals surface area contributed by atoms with Gasteiger partial charge in [-0.3, -0.25) is 20.4 Å². The molecule has 2 aromatic rings. The number of carbonyl (C=O) groups is 2. The van der Waals surface area contributed by atoms with Gasteiger partial charge >= 0.3 is 0 Å². The molecule has 0 saturated carbocycles. The number of hydrogen-bond donors (Lipinski definition) is 3. The Morgan fingerprint density at radius 2 is 1.78 bits per heavy atom. The number of amides is 2. The molecule has 7 heteroatoms. The van der Waals surface area contributed by atoms with Crippen molar-refractivity contribution in [2.24, 2.45) is 0 Å². The van der Waals surface area contributed by atoms with Gasteiger partial charge in [0.1, 0.15) is 5.75 Å². The molecule has 2 rings (SSSR count). The first kappa shape index (κ1) is 20.6. The molecule has 0 radical (unpaired) electrons. The van der Waals surface area contributed by atoms with Crippen molar-refractivity contribution >= 4 is 29.1 Å². The quantitative estimate of drug-likeness (QED) is 0.662. The minimum atomic E-state index is -0.780. The summed E-state index contributed by atoms with van der Waals surface area (Å²) in [6.45, 7) is 7.45. The monoisotopic (exact) mass is 389 g/mol. The Morgan fingerprint density at radius 3 is 2.44 bits per heavy atom. The van der Waals surface area contributed by atoms with Crippen LogP contribution in [0.15, 0.2) is 36.4 Å². The van der Waals surface area contributed by atoms with E-state index in [2.05, 4.69) is 16.2 Å². The van der Waals surface area contributed by atoms with Gasteiger partial charge in [-0.15, -0.1) is 0 Å². The third kappa shape index (κ3) is 6.18. The molecule has 1 atom stereocenters. The summed E-state index contributed by atoms with van der Waals surface area (Å²) in [6, 6.07) is 11.1. The van der Waals surface area contributed by atoms with Gasteiger partial charge in [0, 0.05) is 10.7 Å². The lowest BCUT2D eigenvalue weighted by Crippen LogP contribution is -2.48. The molecule has 0 aromatic heterocycles. The number of anilines is 1. The fourth-order valence-corrected chi connectivity index (χ4v) is 2.68. The van der Waals surface area contributed by atoms with Crippen molar-refractivity contribution in [1.29, 1.82) is 0 Å². The minimum absolute atomic E-state index is 0.0374. The molecule has 27 heavy (non-hydrogen) atoms. The van der Waals surface area contributed by atoms with E-state index in [0.29, 0.717) is 10.8 Å². The zero-order valence-electron chi connectivity index (χ0n) is 15.9. The fraction of sp³-hybridized carbons (Fsp3) is 0.300. The molecule has 6 nitrogen and oxygen atoms in total. The summed E-state index contributed by atoms with van der Waals surface area (Å²) in [7, 11) is 0. The molecule has 0 fully saturated rings. The smallest absolute Gasteiger partial charge is 0.279 e. The van der Waals surface area contributed by atoms with Gasteiger partial charge in [0.25, 0.3) is 11.8 Å². The van der Waals surface area contributed by atoms with Crippen molar-refractivity contribution in [2.75, 3.05) is 11.9 Å². The van der Waals surface area contributed by atoms with Gasteiger partial charge in [-0.1, -0.05) is 29.3 Å². The molecular weight excluding hydrogens is 366 g/mol. The maximum Gasteiger partial charge on any atom is 0.279 e. The average Bonchev–Trinajstić information content (AvgIpc) is 2.61. The molecule has 0 heterocycles. The van der Waals surface area contributed by atoms with Crippen molar-refractivity contribution in [3.8, 4) is 5.75 Å². The first-order valence-corrected chi connectivity index (χ1v) is 8.96. The zero-order valence-corrected chi connectivity index (χ0v) is 16.6. The Hall–Kier alpha value is -2.73. The number of halogens is 1. The van der Waals surface area contributed by atoms with E-state index in [-0.39, 0.29) is 12.5 Å². The number of ether oxygens (including phenoxy) is 1. The SMILES string of the molecule is Cc1ccc(NCC(=O)NNC(=O)C(C)Oc2ccc(Cl)cc2C)c(C)c1. The Morgan fingerprint density at radius 1 is 1.04 bits per heavy atom. The molecule has 0 saturated heterocycles. The first-order chi connectivity index (χ1) is 12.8. The van der Waals surface area contributed by atoms with Crippen LogP contribution in [0.4, 0.5) is 5.69 Å². The van der Waals surface area contributed by atoms with E-state index in [9.17, 15) is 9.59 Å². The number of benzene rings is 2. The summed E-state index contributed by atoms with van der Waals surface area (Å²) in [5.41, 5.74) is 8.63. The van der Waals surface area contributed by atoms with Crippen LogP contribution in [0.25, 0.3) is 0 Å². The van der Waals surface area contributed by atoms with Crippen molar-refractivity contribution in [3.63, 3.8) is 0 Å². The van der Waals surface area contributed by atoms with Gasteiger partial charge in [0.15, 0.2) is 6.10 Å². The Balaban J connectivity index is 1.79. The van der Waals surface area contributed by atoms with E-state index >= 15 is 0 Å². The molecule has 144 valence electrons. The Bertz CT molecular complexity index is 839. The molecule has 0 aliphatic rings. The first-order valence-electron chi connectivity index (χ1n) is 8.59. The molecule has 0 aliphatic carbocycles. The fourth-order valence-electron chi connectivity index (χ4n) is 2.45. The van der Waals surface area contributed by atoms with Crippen LogP contribution in [0.1, 0.15) is 23.6 Å². The van der Waals surface area contributed by atoms with E-state index in [1.807, 2.05) is 39.0 Å². The van der Waals surface area contributed by atoms with Crippen LogP contribution in [0.2, 0.25) is 5.02 Å². The lowest BCUT2D eigenvalue weighted by Gasteiger charge is -2.17. The Kier molecular flexibility index (Phi) is 7.07. The van der Waals surface area contributed by atoms with Crippen LogP contribution < -0.4 is 20.9 Å². The van der Waals surface area contributed by atoms with Gasteiger partial charge in [-0.05, 0) is 63.1 Å². The Labute approximate surface area is 164 Å². The second-order valence-corrected chi connectivity index (χ2v) is 6.82. The third-order valence-electron chi connectivity index (χ3n) is 3.96. The molecule has 2 aromatic carbocycles. The summed E-state index contributed by atoms with van der Waals surface area (Å²) in [5.74, 6) is -0.257. The standard InChI is InChI=1S/C20H24ClN3O3/c1-12-5-7-17(13(2)9-12)22-11-19(25)23-24-20(26)15(4)27-18-8-6-16(21)10-14(18)3/h5-10,15,22H,11H2,1-4H3,(H,23,25)(H,24,26). The van der Waals surface area contributed by atoms with Crippen molar-refractivity contribution in [1.82, 2.24) is 10.9 Å². The normalized spacial score (nSPS) is 11.4. The van der Waals surface area contributed by atoms with Gasteiger partial charge < -0.3 is 10.1 Å². The van der Waals surface area contributed by atoms with Gasteiger partial charge in [-0.2, -0.15) is 0 Å². The largest absolute Gasteiger partial charge is 0.481 e. The zero-order chi connectivity index (χ0) is 20.0. The average molecular weight is 390 g/mol. The summed E-state index contributed by atoms with van der Waals surface area (Å²) in [5, 5.41) is 3.64. The minimum Gasteiger partial charge on any atom is -0.481 e. The number of aryl methyl sites for hydroxylation is 3. The molecule has 0 bridgehead atoms. The van der Waals surface area contributed by atoms with Gasteiger partial charge in [-0.25, -0.2) is 0 Å². The molecule has 0 aliphatic heterocycles. The lowest BCUT2D eigenvalue weighted by atomic mass is 10.1. The highest BCUT2D eigenvalue weighted by atomic mass is 35.5. The van der Waals surface area contributed by atoms with Crippen LogP contribution in [-0.2, 0) is 9.59 Å². The molecule has 1 unspecified atom stereocenters. The van der Waals surface area contributed by atoms with Gasteiger partial charge in [0.05, 0.1) is 6.54 Å². The van der Waals surface area contributed by atoms with E-state index in [1.165, 1.54) is 0 Å². The lowest BCUT2D eigenvalue weighted by molar-refractivity contribution is -0.132. The maximum absolute atomic E-state index is 12.1. The van der Waals surface area contributed by atoms with Crippen LogP contribution >= 0.6 is 11.6 Å². The van der Waals surface area contributed by atoms with Crippen molar-refractivity contribution < 1.29 is 14.3 Å². The number of carbonyl (C=O) groups excluding carboxylic acids is 2. The van der Waals surface area contributed by atoms with Gasteiger partial charge in [0.2, 0.25) is 0 Å². The number of rotatable bonds is 6. The molecular formula is C20H24ClN3O3. The molecule has 3 N–H and O–H groups in total. The van der Waals surface area contributed by atoms with E-state index in [1.54, 1.807) is 25.1 Å².